The molecular weight excluding hydrogens is 352 g/mol. The van der Waals surface area contributed by atoms with Gasteiger partial charge >= 0.3 is 0 Å². The molecule has 0 saturated carbocycles. The van der Waals surface area contributed by atoms with Gasteiger partial charge in [-0.2, -0.15) is 0 Å². The van der Waals surface area contributed by atoms with Crippen LogP contribution in [0.5, 0.6) is 0 Å². The Morgan fingerprint density at radius 1 is 1.32 bits per heavy atom. The molecule has 3 rings (SSSR count). The van der Waals surface area contributed by atoms with Crippen molar-refractivity contribution in [2.45, 2.75) is 37.2 Å². The summed E-state index contributed by atoms with van der Waals surface area (Å²) >= 11 is 2.98. The van der Waals surface area contributed by atoms with Gasteiger partial charge in [-0.3, -0.25) is 9.89 Å². The summed E-state index contributed by atoms with van der Waals surface area (Å²) < 4.78 is 0. The van der Waals surface area contributed by atoms with Gasteiger partial charge in [0.25, 0.3) is 0 Å². The molecule has 0 aliphatic carbocycles. The molecule has 0 spiro atoms. The fraction of sp³-hybridized carbons (Fsp3) is 0.278. The number of amides is 1. The van der Waals surface area contributed by atoms with Gasteiger partial charge in [-0.15, -0.1) is 16.4 Å². The van der Waals surface area contributed by atoms with Crippen LogP contribution >= 0.6 is 23.1 Å². The highest BCUT2D eigenvalue weighted by atomic mass is 32.2. The molecule has 7 heteroatoms. The molecule has 130 valence electrons. The van der Waals surface area contributed by atoms with E-state index in [-0.39, 0.29) is 11.2 Å². The van der Waals surface area contributed by atoms with Crippen molar-refractivity contribution in [2.24, 2.45) is 0 Å². The van der Waals surface area contributed by atoms with Crippen LogP contribution in [0.2, 0.25) is 0 Å². The first-order valence-corrected chi connectivity index (χ1v) is 9.90. The smallest absolute Gasteiger partial charge is 0.233 e. The fourth-order valence-electron chi connectivity index (χ4n) is 2.27. The molecule has 0 bridgehead atoms. The maximum Gasteiger partial charge on any atom is 0.233 e. The molecule has 5 nitrogen and oxygen atoms in total. The molecule has 0 radical (unpaired) electrons. The zero-order valence-corrected chi connectivity index (χ0v) is 15.8. The summed E-state index contributed by atoms with van der Waals surface area (Å²) in [7, 11) is 0. The molecule has 0 saturated heterocycles. The maximum absolute atomic E-state index is 12.2. The van der Waals surface area contributed by atoms with Crippen molar-refractivity contribution >= 4 is 29.0 Å². The molecule has 1 atom stereocenters. The monoisotopic (exact) mass is 372 g/mol. The first kappa shape index (κ1) is 17.7. The molecule has 2 aromatic heterocycles. The number of H-pyrrole nitrogens is 1. The number of rotatable bonds is 7. The number of carbonyl (C=O) groups is 1. The topological polar surface area (TPSA) is 70.7 Å². The van der Waals surface area contributed by atoms with Gasteiger partial charge < -0.3 is 5.32 Å². The van der Waals surface area contributed by atoms with E-state index in [1.54, 1.807) is 11.3 Å². The summed E-state index contributed by atoms with van der Waals surface area (Å²) in [6.07, 6.45) is 1.01. The number of benzene rings is 1. The van der Waals surface area contributed by atoms with E-state index in [9.17, 15) is 4.79 Å². The highest BCUT2D eigenvalue weighted by Gasteiger charge is 2.17. The van der Waals surface area contributed by atoms with Crippen LogP contribution in [-0.2, 0) is 17.8 Å². The largest absolute Gasteiger partial charge is 0.350 e. The number of thioether (sulfide) groups is 1. The van der Waals surface area contributed by atoms with E-state index >= 15 is 0 Å². The number of aryl methyl sites for hydroxylation is 1. The van der Waals surface area contributed by atoms with Crippen LogP contribution in [0.15, 0.2) is 46.9 Å². The lowest BCUT2D eigenvalue weighted by Gasteiger charge is -2.09. The van der Waals surface area contributed by atoms with Crippen LogP contribution < -0.4 is 5.32 Å². The van der Waals surface area contributed by atoms with E-state index in [4.69, 9.17) is 0 Å². The van der Waals surface area contributed by atoms with Crippen LogP contribution in [0.4, 0.5) is 0 Å². The molecule has 2 N–H and O–H groups in total. The number of nitrogens with zero attached hydrogens (tertiary/aromatic N) is 2. The molecule has 0 fully saturated rings. The second kappa shape index (κ2) is 8.31. The zero-order chi connectivity index (χ0) is 17.6. The van der Waals surface area contributed by atoms with Crippen molar-refractivity contribution in [3.63, 3.8) is 0 Å². The van der Waals surface area contributed by atoms with Crippen molar-refractivity contribution in [3.8, 4) is 11.4 Å². The summed E-state index contributed by atoms with van der Waals surface area (Å²) in [4.78, 5) is 17.8. The lowest BCUT2D eigenvalue weighted by atomic mass is 10.1. The maximum atomic E-state index is 12.2. The number of hydrogen-bond acceptors (Lipinski definition) is 5. The van der Waals surface area contributed by atoms with Gasteiger partial charge in [0.05, 0.1) is 11.8 Å². The minimum absolute atomic E-state index is 0.0166. The number of nitrogens with one attached hydrogen (secondary N) is 2. The van der Waals surface area contributed by atoms with E-state index < -0.39 is 0 Å². The molecule has 0 aliphatic heterocycles. The molecule has 3 aromatic rings. The molecule has 0 aliphatic rings. The van der Waals surface area contributed by atoms with Gasteiger partial charge in [-0.05, 0) is 30.4 Å². The Hall–Kier alpha value is -2.12. The number of aromatic nitrogens is 3. The summed E-state index contributed by atoms with van der Waals surface area (Å²) in [6, 6.07) is 12.2. The average molecular weight is 373 g/mol. The Morgan fingerprint density at radius 2 is 2.12 bits per heavy atom. The second-order valence-electron chi connectivity index (χ2n) is 5.57. The molecule has 1 amide bonds. The lowest BCUT2D eigenvalue weighted by molar-refractivity contribution is -0.120. The third-order valence-corrected chi connectivity index (χ3v) is 5.61. The summed E-state index contributed by atoms with van der Waals surface area (Å²) in [6.45, 7) is 4.55. The lowest BCUT2D eigenvalue weighted by Crippen LogP contribution is -2.30. The van der Waals surface area contributed by atoms with Crippen LogP contribution in [0.3, 0.4) is 0 Å². The summed E-state index contributed by atoms with van der Waals surface area (Å²) in [5.74, 6) is 0.702. The molecular formula is C18H20N4OS2. The van der Waals surface area contributed by atoms with Crippen molar-refractivity contribution < 1.29 is 4.79 Å². The van der Waals surface area contributed by atoms with Crippen molar-refractivity contribution in [1.29, 1.82) is 0 Å². The van der Waals surface area contributed by atoms with E-state index in [1.807, 2.05) is 36.6 Å². The van der Waals surface area contributed by atoms with Gasteiger partial charge in [-0.25, -0.2) is 4.98 Å². The number of thiophene rings is 1. The Kier molecular flexibility index (Phi) is 5.88. The molecule has 2 heterocycles. The van der Waals surface area contributed by atoms with Crippen LogP contribution in [0.1, 0.15) is 24.3 Å². The third-order valence-electron chi connectivity index (χ3n) is 3.77. The second-order valence-corrected chi connectivity index (χ2v) is 7.91. The van der Waals surface area contributed by atoms with Gasteiger partial charge in [0.15, 0.2) is 5.82 Å². The predicted molar refractivity (Wildman–Crippen MR) is 103 cm³/mol. The van der Waals surface area contributed by atoms with E-state index in [1.165, 1.54) is 17.3 Å². The Morgan fingerprint density at radius 3 is 2.80 bits per heavy atom. The standard InChI is InChI=1S/C18H20N4OS2/c1-3-13-6-8-14(9-7-13)16-20-18(22-21-16)25-12(2)17(23)19-11-15-5-4-10-24-15/h4-10,12H,3,11H2,1-2H3,(H,19,23)(H,20,21,22)/t12-/m1/s1. The Bertz CT molecular complexity index is 812. The number of hydrogen-bond donors (Lipinski definition) is 2. The number of aromatic amines is 1. The van der Waals surface area contributed by atoms with Crippen molar-refractivity contribution in [1.82, 2.24) is 20.5 Å². The van der Waals surface area contributed by atoms with Gasteiger partial charge in [-0.1, -0.05) is 49.0 Å². The third kappa shape index (κ3) is 4.70. The van der Waals surface area contributed by atoms with E-state index in [0.717, 1.165) is 22.7 Å². The van der Waals surface area contributed by atoms with Crippen molar-refractivity contribution in [3.05, 3.63) is 52.2 Å². The number of carbonyl (C=O) groups excluding carboxylic acids is 1. The predicted octanol–water partition coefficient (Wildman–Crippen LogP) is 3.89. The first-order valence-electron chi connectivity index (χ1n) is 8.14. The minimum atomic E-state index is -0.258. The summed E-state index contributed by atoms with van der Waals surface area (Å²) in [5, 5.41) is 12.4. The minimum Gasteiger partial charge on any atom is -0.350 e. The highest BCUT2D eigenvalue weighted by molar-refractivity contribution is 8.00. The first-order chi connectivity index (χ1) is 12.2. The zero-order valence-electron chi connectivity index (χ0n) is 14.2. The van der Waals surface area contributed by atoms with Crippen LogP contribution in [-0.4, -0.2) is 26.3 Å². The molecule has 25 heavy (non-hydrogen) atoms. The fourth-order valence-corrected chi connectivity index (χ4v) is 3.66. The Labute approximate surface area is 155 Å². The molecule has 0 unspecified atom stereocenters. The highest BCUT2D eigenvalue weighted by Crippen LogP contribution is 2.23. The quantitative estimate of drug-likeness (QED) is 0.617. The normalized spacial score (nSPS) is 12.1. The van der Waals surface area contributed by atoms with Crippen LogP contribution in [0, 0.1) is 0 Å². The van der Waals surface area contributed by atoms with Gasteiger partial charge in [0.2, 0.25) is 11.1 Å². The van der Waals surface area contributed by atoms with Gasteiger partial charge in [0, 0.05) is 10.4 Å². The SMILES string of the molecule is CCc1ccc(-c2nc(S[C@H](C)C(=O)NCc3cccs3)n[nH]2)cc1. The van der Waals surface area contributed by atoms with Crippen LogP contribution in [0.25, 0.3) is 11.4 Å². The van der Waals surface area contributed by atoms with Gasteiger partial charge in [0.1, 0.15) is 0 Å². The van der Waals surface area contributed by atoms with Crippen molar-refractivity contribution in [2.75, 3.05) is 0 Å². The Balaban J connectivity index is 1.57. The van der Waals surface area contributed by atoms with E-state index in [0.29, 0.717) is 11.7 Å². The molecule has 1 aromatic carbocycles. The average Bonchev–Trinajstić information content (AvgIpc) is 3.31. The van der Waals surface area contributed by atoms with E-state index in [2.05, 4.69) is 39.6 Å². The summed E-state index contributed by atoms with van der Waals surface area (Å²) in [5.41, 5.74) is 2.28.